The highest BCUT2D eigenvalue weighted by Crippen LogP contribution is 2.30. The van der Waals surface area contributed by atoms with E-state index in [0.717, 1.165) is 19.3 Å². The zero-order valence-corrected chi connectivity index (χ0v) is 12.2. The van der Waals surface area contributed by atoms with E-state index in [1.165, 1.54) is 21.8 Å². The number of amides is 3. The van der Waals surface area contributed by atoms with Gasteiger partial charge in [0.25, 0.3) is 5.91 Å². The number of carbonyl (C=O) groups excluding carboxylic acids is 3. The average molecular weight is 295 g/mol. The van der Waals surface area contributed by atoms with Gasteiger partial charge in [-0.1, -0.05) is 0 Å². The lowest BCUT2D eigenvalue weighted by atomic mass is 10.2. The molecule has 1 heterocycles. The van der Waals surface area contributed by atoms with Crippen LogP contribution in [0.4, 0.5) is 0 Å². The summed E-state index contributed by atoms with van der Waals surface area (Å²) >= 11 is 1.44. The molecule has 0 fully saturated rings. The predicted molar refractivity (Wildman–Crippen MR) is 75.2 cm³/mol. The van der Waals surface area contributed by atoms with Gasteiger partial charge in [0.2, 0.25) is 0 Å². The SMILES string of the molecule is CC(C)NC(=O)C(=O)NNC(=O)c1cc2c(s1)CCC2. The van der Waals surface area contributed by atoms with Gasteiger partial charge >= 0.3 is 11.8 Å². The van der Waals surface area contributed by atoms with Crippen molar-refractivity contribution in [2.24, 2.45) is 0 Å². The van der Waals surface area contributed by atoms with E-state index in [2.05, 4.69) is 16.2 Å². The molecule has 0 radical (unpaired) electrons. The van der Waals surface area contributed by atoms with Crippen molar-refractivity contribution < 1.29 is 14.4 Å². The molecule has 1 aromatic heterocycles. The van der Waals surface area contributed by atoms with Crippen LogP contribution in [0.5, 0.6) is 0 Å². The second-order valence-corrected chi connectivity index (χ2v) is 6.09. The Balaban J connectivity index is 1.85. The third-order valence-electron chi connectivity index (χ3n) is 2.89. The van der Waals surface area contributed by atoms with Gasteiger partial charge in [0.05, 0.1) is 4.88 Å². The van der Waals surface area contributed by atoms with E-state index in [1.54, 1.807) is 13.8 Å². The average Bonchev–Trinajstić information content (AvgIpc) is 2.94. The van der Waals surface area contributed by atoms with Crippen LogP contribution in [0.25, 0.3) is 0 Å². The molecule has 108 valence electrons. The lowest BCUT2D eigenvalue weighted by molar-refractivity contribution is -0.139. The summed E-state index contributed by atoms with van der Waals surface area (Å²) in [5, 5.41) is 2.44. The smallest absolute Gasteiger partial charge is 0.327 e. The van der Waals surface area contributed by atoms with Gasteiger partial charge in [-0.05, 0) is 44.7 Å². The third-order valence-corrected chi connectivity index (χ3v) is 4.12. The summed E-state index contributed by atoms with van der Waals surface area (Å²) in [4.78, 5) is 36.4. The molecule has 2 rings (SSSR count). The molecule has 0 aliphatic heterocycles. The first kappa shape index (κ1) is 14.5. The summed E-state index contributed by atoms with van der Waals surface area (Å²) in [7, 11) is 0. The van der Waals surface area contributed by atoms with Gasteiger partial charge in [0.1, 0.15) is 0 Å². The van der Waals surface area contributed by atoms with Gasteiger partial charge in [-0.3, -0.25) is 25.2 Å². The number of rotatable bonds is 2. The molecule has 6 nitrogen and oxygen atoms in total. The summed E-state index contributed by atoms with van der Waals surface area (Å²) in [6.45, 7) is 3.49. The molecule has 1 aliphatic carbocycles. The standard InChI is InChI=1S/C13H17N3O3S/c1-7(2)14-12(18)13(19)16-15-11(17)10-6-8-4-3-5-9(8)20-10/h6-7H,3-5H2,1-2H3,(H,14,18)(H,15,17)(H,16,19). The molecule has 0 saturated carbocycles. The van der Waals surface area contributed by atoms with Crippen LogP contribution in [0, 0.1) is 0 Å². The van der Waals surface area contributed by atoms with Crippen LogP contribution in [-0.2, 0) is 22.4 Å². The monoisotopic (exact) mass is 295 g/mol. The molecule has 3 amide bonds. The molecule has 0 spiro atoms. The van der Waals surface area contributed by atoms with E-state index in [0.29, 0.717) is 4.88 Å². The van der Waals surface area contributed by atoms with Gasteiger partial charge in [0, 0.05) is 10.9 Å². The quantitative estimate of drug-likeness (QED) is 0.549. The Bertz CT molecular complexity index is 530. The Hall–Kier alpha value is -1.89. The van der Waals surface area contributed by atoms with Gasteiger partial charge in [0.15, 0.2) is 0 Å². The lowest BCUT2D eigenvalue weighted by Crippen LogP contribution is -2.49. The Kier molecular flexibility index (Phi) is 4.39. The minimum atomic E-state index is -0.879. The largest absolute Gasteiger partial charge is 0.346 e. The van der Waals surface area contributed by atoms with Crippen LogP contribution in [0.1, 0.15) is 40.4 Å². The number of hydrogen-bond acceptors (Lipinski definition) is 4. The highest BCUT2D eigenvalue weighted by Gasteiger charge is 2.20. The summed E-state index contributed by atoms with van der Waals surface area (Å²) in [6, 6.07) is 1.71. The van der Waals surface area contributed by atoms with Crippen molar-refractivity contribution in [3.8, 4) is 0 Å². The van der Waals surface area contributed by atoms with Gasteiger partial charge in [-0.25, -0.2) is 0 Å². The molecular weight excluding hydrogens is 278 g/mol. The Morgan fingerprint density at radius 2 is 1.90 bits per heavy atom. The van der Waals surface area contributed by atoms with Crippen molar-refractivity contribution in [3.63, 3.8) is 0 Å². The third kappa shape index (κ3) is 3.36. The summed E-state index contributed by atoms with van der Waals surface area (Å²) in [6.07, 6.45) is 3.15. The van der Waals surface area contributed by atoms with Gasteiger partial charge in [-0.15, -0.1) is 11.3 Å². The molecule has 20 heavy (non-hydrogen) atoms. The summed E-state index contributed by atoms with van der Waals surface area (Å²) < 4.78 is 0. The van der Waals surface area contributed by atoms with E-state index in [9.17, 15) is 14.4 Å². The molecular formula is C13H17N3O3S. The zero-order valence-electron chi connectivity index (χ0n) is 11.4. The highest BCUT2D eigenvalue weighted by atomic mass is 32.1. The topological polar surface area (TPSA) is 87.3 Å². The Morgan fingerprint density at radius 1 is 1.15 bits per heavy atom. The van der Waals surface area contributed by atoms with Gasteiger partial charge in [-0.2, -0.15) is 0 Å². The minimum Gasteiger partial charge on any atom is -0.346 e. The maximum absolute atomic E-state index is 11.9. The Labute approximate surface area is 120 Å². The van der Waals surface area contributed by atoms with Crippen molar-refractivity contribution in [1.29, 1.82) is 0 Å². The number of nitrogens with one attached hydrogen (secondary N) is 3. The molecule has 0 atom stereocenters. The van der Waals surface area contributed by atoms with E-state index in [-0.39, 0.29) is 6.04 Å². The first-order valence-corrected chi connectivity index (χ1v) is 7.31. The molecule has 1 aromatic rings. The molecule has 0 unspecified atom stereocenters. The van der Waals surface area contributed by atoms with Crippen molar-refractivity contribution in [1.82, 2.24) is 16.2 Å². The van der Waals surface area contributed by atoms with Crippen molar-refractivity contribution in [2.75, 3.05) is 0 Å². The molecule has 1 aliphatic rings. The normalized spacial score (nSPS) is 12.9. The van der Waals surface area contributed by atoms with E-state index >= 15 is 0 Å². The minimum absolute atomic E-state index is 0.135. The fraction of sp³-hybridized carbons (Fsp3) is 0.462. The fourth-order valence-corrected chi connectivity index (χ4v) is 3.15. The first-order valence-electron chi connectivity index (χ1n) is 6.50. The second kappa shape index (κ2) is 6.04. The maximum atomic E-state index is 11.9. The summed E-state index contributed by atoms with van der Waals surface area (Å²) in [5.41, 5.74) is 5.57. The number of fused-ring (bicyclic) bond motifs is 1. The maximum Gasteiger partial charge on any atom is 0.327 e. The summed E-state index contributed by atoms with van der Waals surface area (Å²) in [5.74, 6) is -2.04. The second-order valence-electron chi connectivity index (χ2n) is 4.95. The van der Waals surface area contributed by atoms with Crippen LogP contribution in [0.2, 0.25) is 0 Å². The van der Waals surface area contributed by atoms with Crippen LogP contribution in [-0.4, -0.2) is 23.8 Å². The van der Waals surface area contributed by atoms with Crippen LogP contribution >= 0.6 is 11.3 Å². The van der Waals surface area contributed by atoms with E-state index in [1.807, 2.05) is 6.07 Å². The van der Waals surface area contributed by atoms with E-state index < -0.39 is 17.7 Å². The molecule has 0 aromatic carbocycles. The van der Waals surface area contributed by atoms with Gasteiger partial charge < -0.3 is 5.32 Å². The van der Waals surface area contributed by atoms with Crippen molar-refractivity contribution in [2.45, 2.75) is 39.2 Å². The molecule has 7 heteroatoms. The van der Waals surface area contributed by atoms with Crippen LogP contribution in [0.3, 0.4) is 0 Å². The predicted octanol–water partition coefficient (Wildman–Crippen LogP) is 0.522. The fourth-order valence-electron chi connectivity index (χ4n) is 2.00. The molecule has 3 N–H and O–H groups in total. The van der Waals surface area contributed by atoms with Crippen molar-refractivity contribution >= 4 is 29.1 Å². The molecule has 0 bridgehead atoms. The van der Waals surface area contributed by atoms with Crippen LogP contribution in [0.15, 0.2) is 6.07 Å². The lowest BCUT2D eigenvalue weighted by Gasteiger charge is -2.09. The highest BCUT2D eigenvalue weighted by molar-refractivity contribution is 7.14. The molecule has 0 saturated heterocycles. The zero-order chi connectivity index (χ0) is 14.7. The van der Waals surface area contributed by atoms with E-state index in [4.69, 9.17) is 0 Å². The number of hydrogen-bond donors (Lipinski definition) is 3. The number of hydrazine groups is 1. The number of carbonyl (C=O) groups is 3. The van der Waals surface area contributed by atoms with Crippen LogP contribution < -0.4 is 16.2 Å². The first-order chi connectivity index (χ1) is 9.47. The van der Waals surface area contributed by atoms with Crippen molar-refractivity contribution in [3.05, 3.63) is 21.4 Å². The Morgan fingerprint density at radius 3 is 2.55 bits per heavy atom. The number of aryl methyl sites for hydroxylation is 2. The number of thiophene rings is 1.